The van der Waals surface area contributed by atoms with Gasteiger partial charge in [-0.15, -0.1) is 0 Å². The van der Waals surface area contributed by atoms with Gasteiger partial charge in [0.1, 0.15) is 0 Å². The third-order valence-electron chi connectivity index (χ3n) is 5.32. The molecular weight excluding hydrogens is 358 g/mol. The van der Waals surface area contributed by atoms with Gasteiger partial charge in [-0.2, -0.15) is 5.26 Å². The lowest BCUT2D eigenvalue weighted by Gasteiger charge is -2.40. The van der Waals surface area contributed by atoms with Crippen molar-refractivity contribution in [2.75, 3.05) is 13.1 Å². The number of aromatic nitrogens is 1. The molecular formula is C25H45N3O. The second-order valence-electron chi connectivity index (χ2n) is 8.88. The Balaban J connectivity index is 0.000000499. The van der Waals surface area contributed by atoms with Crippen molar-refractivity contribution in [2.45, 2.75) is 99.1 Å². The summed E-state index contributed by atoms with van der Waals surface area (Å²) in [6.07, 6.45) is 8.46. The molecule has 29 heavy (non-hydrogen) atoms. The van der Waals surface area contributed by atoms with Crippen molar-refractivity contribution in [1.82, 2.24) is 9.88 Å². The van der Waals surface area contributed by atoms with Crippen LogP contribution in [0, 0.1) is 22.7 Å². The second kappa shape index (κ2) is 13.7. The summed E-state index contributed by atoms with van der Waals surface area (Å²) in [5.74, 6) is 0.833. The molecule has 4 nitrogen and oxygen atoms in total. The van der Waals surface area contributed by atoms with Gasteiger partial charge in [-0.3, -0.25) is 4.98 Å². The van der Waals surface area contributed by atoms with Crippen molar-refractivity contribution in [1.29, 1.82) is 5.26 Å². The van der Waals surface area contributed by atoms with Crippen LogP contribution in [0.5, 0.6) is 0 Å². The Morgan fingerprint density at radius 1 is 1.10 bits per heavy atom. The van der Waals surface area contributed by atoms with Gasteiger partial charge in [0.15, 0.2) is 0 Å². The van der Waals surface area contributed by atoms with Crippen LogP contribution in [0.4, 0.5) is 0 Å². The maximum absolute atomic E-state index is 10.6. The molecule has 166 valence electrons. The molecule has 1 saturated heterocycles. The van der Waals surface area contributed by atoms with Crippen LogP contribution in [0.1, 0.15) is 93.1 Å². The van der Waals surface area contributed by atoms with Crippen molar-refractivity contribution in [3.05, 3.63) is 30.1 Å². The van der Waals surface area contributed by atoms with E-state index in [-0.39, 0.29) is 5.41 Å². The summed E-state index contributed by atoms with van der Waals surface area (Å²) in [4.78, 5) is 6.49. The molecule has 0 atom stereocenters. The molecule has 2 aliphatic rings. The van der Waals surface area contributed by atoms with Crippen molar-refractivity contribution in [3.8, 4) is 6.07 Å². The summed E-state index contributed by atoms with van der Waals surface area (Å²) in [5, 5.41) is 19.0. The van der Waals surface area contributed by atoms with Crippen molar-refractivity contribution >= 4 is 0 Å². The zero-order chi connectivity index (χ0) is 22.5. The monoisotopic (exact) mass is 403 g/mol. The number of likely N-dealkylation sites (tertiary alicyclic amines) is 1. The van der Waals surface area contributed by atoms with E-state index in [2.05, 4.69) is 57.5 Å². The summed E-state index contributed by atoms with van der Waals surface area (Å²) in [6.45, 7) is 18.9. The van der Waals surface area contributed by atoms with E-state index in [1.54, 1.807) is 12.4 Å². The number of aliphatic hydroxyl groups is 1. The number of hydrogen-bond donors (Lipinski definition) is 1. The van der Waals surface area contributed by atoms with Crippen molar-refractivity contribution in [3.63, 3.8) is 0 Å². The molecule has 1 aliphatic heterocycles. The lowest BCUT2D eigenvalue weighted by molar-refractivity contribution is -0.0326. The molecule has 0 unspecified atom stereocenters. The molecule has 0 aromatic carbocycles. The van der Waals surface area contributed by atoms with E-state index in [0.29, 0.717) is 6.04 Å². The molecule has 1 saturated carbocycles. The topological polar surface area (TPSA) is 60.1 Å². The minimum absolute atomic E-state index is 0.139. The molecule has 2 fully saturated rings. The Hall–Kier alpha value is -1.44. The Kier molecular flexibility index (Phi) is 13.0. The van der Waals surface area contributed by atoms with Crippen molar-refractivity contribution < 1.29 is 5.11 Å². The quantitative estimate of drug-likeness (QED) is 0.656. The van der Waals surface area contributed by atoms with E-state index >= 15 is 0 Å². The summed E-state index contributed by atoms with van der Waals surface area (Å²) >= 11 is 0. The highest BCUT2D eigenvalue weighted by atomic mass is 16.3. The van der Waals surface area contributed by atoms with E-state index < -0.39 is 5.60 Å². The first-order valence-electron chi connectivity index (χ1n) is 11.5. The fraction of sp³-hybridized carbons (Fsp3) is 0.760. The molecule has 4 heteroatoms. The van der Waals surface area contributed by atoms with Gasteiger partial charge in [0.05, 0.1) is 17.1 Å². The highest BCUT2D eigenvalue weighted by molar-refractivity contribution is 5.19. The highest BCUT2D eigenvalue weighted by Gasteiger charge is 2.40. The number of nitriles is 1. The summed E-state index contributed by atoms with van der Waals surface area (Å²) in [6, 6.07) is 6.73. The molecule has 2 heterocycles. The molecule has 3 rings (SSSR count). The lowest BCUT2D eigenvalue weighted by atomic mass is 9.85. The predicted octanol–water partition coefficient (Wildman–Crippen LogP) is 6.16. The van der Waals surface area contributed by atoms with Gasteiger partial charge < -0.3 is 10.0 Å². The predicted molar refractivity (Wildman–Crippen MR) is 124 cm³/mol. The maximum atomic E-state index is 10.6. The number of piperidine rings is 1. The largest absolute Gasteiger partial charge is 0.385 e. The normalized spacial score (nSPS) is 18.8. The average Bonchev–Trinajstić information content (AvgIpc) is 3.51. The van der Waals surface area contributed by atoms with Crippen LogP contribution in [-0.2, 0) is 5.60 Å². The van der Waals surface area contributed by atoms with Crippen LogP contribution in [0.2, 0.25) is 0 Å². The van der Waals surface area contributed by atoms with Gasteiger partial charge in [0, 0.05) is 37.1 Å². The first kappa shape index (κ1) is 27.6. The number of nitrogens with zero attached hydrogens (tertiary/aromatic N) is 3. The number of pyridine rings is 1. The molecule has 1 aromatic heterocycles. The van der Waals surface area contributed by atoms with E-state index in [1.165, 1.54) is 0 Å². The van der Waals surface area contributed by atoms with Crippen molar-refractivity contribution in [2.24, 2.45) is 11.3 Å². The summed E-state index contributed by atoms with van der Waals surface area (Å²) in [7, 11) is 0. The zero-order valence-corrected chi connectivity index (χ0v) is 20.2. The molecule has 0 bridgehead atoms. The van der Waals surface area contributed by atoms with E-state index in [9.17, 15) is 5.11 Å². The molecule has 1 aromatic rings. The highest BCUT2D eigenvalue weighted by Crippen LogP contribution is 2.47. The molecule has 0 spiro atoms. The van der Waals surface area contributed by atoms with Gasteiger partial charge in [-0.05, 0) is 57.9 Å². The minimum atomic E-state index is -0.667. The summed E-state index contributed by atoms with van der Waals surface area (Å²) < 4.78 is 0. The Bertz CT molecular complexity index is 563. The second-order valence-corrected chi connectivity index (χ2v) is 8.88. The van der Waals surface area contributed by atoms with Gasteiger partial charge in [-0.25, -0.2) is 0 Å². The van der Waals surface area contributed by atoms with Gasteiger partial charge in [-0.1, -0.05) is 47.6 Å². The van der Waals surface area contributed by atoms with E-state index in [1.807, 2.05) is 26.0 Å². The van der Waals surface area contributed by atoms with Crippen LogP contribution in [0.3, 0.4) is 0 Å². The first-order chi connectivity index (χ1) is 13.7. The van der Waals surface area contributed by atoms with Gasteiger partial charge >= 0.3 is 0 Å². The molecule has 1 N–H and O–H groups in total. The Morgan fingerprint density at radius 3 is 1.90 bits per heavy atom. The standard InChI is InChI=1S/C13H20N2O.C6H9N.C4H10.C2H6/c1-11(2)15-8-5-13(16,6-9-15)12-4-3-7-14-10-12;1-2-6(5-7)3-4-6;1-4(2)3;1-2/h3-4,7,10-11,16H,5-6,8-9H2,1-2H3;2-4H2,1H3;4H,1-3H3;1-2H3. The third-order valence-corrected chi connectivity index (χ3v) is 5.32. The fourth-order valence-corrected chi connectivity index (χ4v) is 3.03. The molecule has 0 radical (unpaired) electrons. The number of hydrogen-bond acceptors (Lipinski definition) is 4. The Labute approximate surface area is 180 Å². The van der Waals surface area contributed by atoms with Crippen LogP contribution in [0.25, 0.3) is 0 Å². The Morgan fingerprint density at radius 2 is 1.62 bits per heavy atom. The summed E-state index contributed by atoms with van der Waals surface area (Å²) in [5.41, 5.74) is 0.429. The van der Waals surface area contributed by atoms with Crippen LogP contribution < -0.4 is 0 Å². The van der Waals surface area contributed by atoms with E-state index in [4.69, 9.17) is 5.26 Å². The first-order valence-corrected chi connectivity index (χ1v) is 11.5. The minimum Gasteiger partial charge on any atom is -0.385 e. The fourth-order valence-electron chi connectivity index (χ4n) is 3.03. The van der Waals surface area contributed by atoms with Gasteiger partial charge in [0.25, 0.3) is 0 Å². The van der Waals surface area contributed by atoms with Crippen LogP contribution in [0.15, 0.2) is 24.5 Å². The molecule has 0 amide bonds. The average molecular weight is 404 g/mol. The SMILES string of the molecule is CC.CC(C)C.CC(C)N1CCC(O)(c2cccnc2)CC1.CCC1(C#N)CC1. The smallest absolute Gasteiger partial charge is 0.0935 e. The van der Waals surface area contributed by atoms with Crippen LogP contribution in [-0.4, -0.2) is 34.1 Å². The van der Waals surface area contributed by atoms with Gasteiger partial charge in [0.2, 0.25) is 0 Å². The van der Waals surface area contributed by atoms with Crippen LogP contribution >= 0.6 is 0 Å². The van der Waals surface area contributed by atoms with E-state index in [0.717, 1.165) is 56.7 Å². The number of rotatable bonds is 3. The third kappa shape index (κ3) is 10.2. The maximum Gasteiger partial charge on any atom is 0.0935 e. The molecule has 1 aliphatic carbocycles. The zero-order valence-electron chi connectivity index (χ0n) is 20.2. The lowest BCUT2D eigenvalue weighted by Crippen LogP contribution is -2.45.